The summed E-state index contributed by atoms with van der Waals surface area (Å²) in [6, 6.07) is 6.08. The molecule has 0 heterocycles. The molecule has 0 spiro atoms. The van der Waals surface area contributed by atoms with Crippen LogP contribution in [0.5, 0.6) is 5.75 Å². The van der Waals surface area contributed by atoms with Crippen LogP contribution in [0.2, 0.25) is 0 Å². The van der Waals surface area contributed by atoms with Gasteiger partial charge in [0.1, 0.15) is 17.4 Å². The van der Waals surface area contributed by atoms with Crippen molar-refractivity contribution in [3.05, 3.63) is 29.8 Å². The predicted molar refractivity (Wildman–Crippen MR) is 70.7 cm³/mol. The fourth-order valence-corrected chi connectivity index (χ4v) is 1.47. The van der Waals surface area contributed by atoms with Crippen LogP contribution in [0.25, 0.3) is 0 Å². The van der Waals surface area contributed by atoms with Crippen LogP contribution >= 0.6 is 0 Å². The molecule has 0 aliphatic carbocycles. The van der Waals surface area contributed by atoms with Gasteiger partial charge in [0, 0.05) is 0 Å². The first-order chi connectivity index (χ1) is 8.81. The van der Waals surface area contributed by atoms with E-state index in [1.165, 1.54) is 0 Å². The Kier molecular flexibility index (Phi) is 5.06. The number of hydrogen-bond acceptors (Lipinski definition) is 5. The van der Waals surface area contributed by atoms with Crippen LogP contribution in [-0.4, -0.2) is 24.1 Å². The Morgan fingerprint density at radius 1 is 1.32 bits per heavy atom. The molecule has 5 nitrogen and oxygen atoms in total. The number of esters is 1. The van der Waals surface area contributed by atoms with Gasteiger partial charge in [-0.15, -0.1) is 0 Å². The summed E-state index contributed by atoms with van der Waals surface area (Å²) in [4.78, 5) is 21.9. The third-order valence-electron chi connectivity index (χ3n) is 2.27. The van der Waals surface area contributed by atoms with Crippen molar-refractivity contribution in [3.63, 3.8) is 0 Å². The zero-order chi connectivity index (χ0) is 14.5. The number of ether oxygens (including phenoxy) is 2. The maximum absolute atomic E-state index is 11.7. The number of benzene rings is 1. The highest BCUT2D eigenvalue weighted by Gasteiger charge is 2.22. The van der Waals surface area contributed by atoms with E-state index in [0.717, 1.165) is 5.56 Å². The summed E-state index contributed by atoms with van der Waals surface area (Å²) in [5, 5.41) is 0. The maximum atomic E-state index is 11.7. The lowest BCUT2D eigenvalue weighted by atomic mass is 10.1. The van der Waals surface area contributed by atoms with Crippen LogP contribution in [0.1, 0.15) is 26.3 Å². The van der Waals surface area contributed by atoms with Crippen LogP contribution in [0, 0.1) is 0 Å². The molecular weight excluding hydrogens is 246 g/mol. The first kappa shape index (κ1) is 15.2. The van der Waals surface area contributed by atoms with Crippen molar-refractivity contribution in [2.75, 3.05) is 0 Å². The molecule has 0 unspecified atom stereocenters. The molecule has 1 aromatic carbocycles. The second-order valence-corrected chi connectivity index (χ2v) is 5.20. The van der Waals surface area contributed by atoms with Crippen LogP contribution in [-0.2, 0) is 20.7 Å². The van der Waals surface area contributed by atoms with Crippen molar-refractivity contribution in [1.29, 1.82) is 0 Å². The minimum absolute atomic E-state index is 0.363. The first-order valence-electron chi connectivity index (χ1n) is 5.99. The Labute approximate surface area is 112 Å². The molecule has 0 aliphatic rings. The molecule has 0 amide bonds. The molecule has 1 rings (SSSR count). The lowest BCUT2D eigenvalue weighted by Gasteiger charge is -2.22. The van der Waals surface area contributed by atoms with Crippen molar-refractivity contribution in [2.45, 2.75) is 38.8 Å². The van der Waals surface area contributed by atoms with Crippen LogP contribution in [0.15, 0.2) is 24.3 Å². The summed E-state index contributed by atoms with van der Waals surface area (Å²) < 4.78 is 9.87. The Hall–Kier alpha value is -1.88. The molecule has 0 radical (unpaired) electrons. The van der Waals surface area contributed by atoms with E-state index in [9.17, 15) is 9.59 Å². The van der Waals surface area contributed by atoms with E-state index in [-0.39, 0.29) is 0 Å². The van der Waals surface area contributed by atoms with E-state index < -0.39 is 17.6 Å². The monoisotopic (exact) mass is 265 g/mol. The van der Waals surface area contributed by atoms with Crippen molar-refractivity contribution in [1.82, 2.24) is 0 Å². The molecular formula is C14H19NO4. The first-order valence-corrected chi connectivity index (χ1v) is 5.99. The van der Waals surface area contributed by atoms with Crippen molar-refractivity contribution in [2.24, 2.45) is 5.73 Å². The SMILES string of the molecule is CC(C)(C)OC(=O)[C@@H](N)Cc1ccc(OC=O)cc1. The highest BCUT2D eigenvalue weighted by molar-refractivity contribution is 5.76. The average molecular weight is 265 g/mol. The third kappa shape index (κ3) is 5.52. The fraction of sp³-hybridized carbons (Fsp3) is 0.429. The summed E-state index contributed by atoms with van der Waals surface area (Å²) in [5.41, 5.74) is 6.12. The van der Waals surface area contributed by atoms with Crippen molar-refractivity contribution >= 4 is 12.4 Å². The summed E-state index contributed by atoms with van der Waals surface area (Å²) in [6.07, 6.45) is 0.371. The number of hydrogen-bond donors (Lipinski definition) is 1. The van der Waals surface area contributed by atoms with Gasteiger partial charge in [-0.25, -0.2) is 0 Å². The Morgan fingerprint density at radius 3 is 2.37 bits per heavy atom. The molecule has 0 aliphatic heterocycles. The van der Waals surface area contributed by atoms with E-state index in [1.54, 1.807) is 45.0 Å². The maximum Gasteiger partial charge on any atom is 0.323 e. The Morgan fingerprint density at radius 2 is 1.89 bits per heavy atom. The quantitative estimate of drug-likeness (QED) is 0.643. The van der Waals surface area contributed by atoms with Gasteiger partial charge in [-0.05, 0) is 44.9 Å². The standard InChI is InChI=1S/C14H19NO4/c1-14(2,3)19-13(17)12(15)8-10-4-6-11(7-5-10)18-9-16/h4-7,9,12H,8,15H2,1-3H3/t12-/m0/s1. The summed E-state index contributed by atoms with van der Waals surface area (Å²) in [6.45, 7) is 5.75. The zero-order valence-electron chi connectivity index (χ0n) is 11.4. The average Bonchev–Trinajstić information content (AvgIpc) is 2.29. The lowest BCUT2D eigenvalue weighted by molar-refractivity contribution is -0.156. The highest BCUT2D eigenvalue weighted by Crippen LogP contribution is 2.14. The number of rotatable bonds is 5. The summed E-state index contributed by atoms with van der Waals surface area (Å²) in [5.74, 6) is 0.0188. The minimum Gasteiger partial charge on any atom is -0.459 e. The van der Waals surface area contributed by atoms with Crippen LogP contribution in [0.3, 0.4) is 0 Å². The Balaban J connectivity index is 2.58. The smallest absolute Gasteiger partial charge is 0.323 e. The molecule has 1 atom stereocenters. The Bertz CT molecular complexity index is 434. The molecule has 2 N–H and O–H groups in total. The van der Waals surface area contributed by atoms with Gasteiger partial charge in [0.15, 0.2) is 0 Å². The molecule has 0 saturated carbocycles. The molecule has 0 saturated heterocycles. The normalized spacial score (nSPS) is 12.6. The second-order valence-electron chi connectivity index (χ2n) is 5.20. The number of nitrogens with two attached hydrogens (primary N) is 1. The molecule has 0 aromatic heterocycles. The van der Waals surface area contributed by atoms with Gasteiger partial charge >= 0.3 is 5.97 Å². The van der Waals surface area contributed by atoms with E-state index >= 15 is 0 Å². The molecule has 19 heavy (non-hydrogen) atoms. The van der Waals surface area contributed by atoms with Crippen LogP contribution < -0.4 is 10.5 Å². The van der Waals surface area contributed by atoms with Gasteiger partial charge in [-0.1, -0.05) is 12.1 Å². The number of carbonyl (C=O) groups is 2. The number of carbonyl (C=O) groups excluding carboxylic acids is 2. The van der Waals surface area contributed by atoms with E-state index in [1.807, 2.05) is 0 Å². The topological polar surface area (TPSA) is 78.6 Å². The van der Waals surface area contributed by atoms with Crippen molar-refractivity contribution in [3.8, 4) is 5.75 Å². The fourth-order valence-electron chi connectivity index (χ4n) is 1.47. The van der Waals surface area contributed by atoms with Gasteiger partial charge in [-0.2, -0.15) is 0 Å². The summed E-state index contributed by atoms with van der Waals surface area (Å²) >= 11 is 0. The molecule has 104 valence electrons. The van der Waals surface area contributed by atoms with E-state index in [2.05, 4.69) is 4.74 Å². The molecule has 0 bridgehead atoms. The minimum atomic E-state index is -0.711. The van der Waals surface area contributed by atoms with E-state index in [0.29, 0.717) is 18.6 Å². The van der Waals surface area contributed by atoms with E-state index in [4.69, 9.17) is 10.5 Å². The van der Waals surface area contributed by atoms with Gasteiger partial charge < -0.3 is 15.2 Å². The third-order valence-corrected chi connectivity index (χ3v) is 2.27. The van der Waals surface area contributed by atoms with Gasteiger partial charge in [0.2, 0.25) is 0 Å². The van der Waals surface area contributed by atoms with Gasteiger partial charge in [0.25, 0.3) is 6.47 Å². The highest BCUT2D eigenvalue weighted by atomic mass is 16.6. The largest absolute Gasteiger partial charge is 0.459 e. The van der Waals surface area contributed by atoms with Crippen molar-refractivity contribution < 1.29 is 19.1 Å². The van der Waals surface area contributed by atoms with Gasteiger partial charge in [-0.3, -0.25) is 9.59 Å². The molecule has 5 heteroatoms. The molecule has 1 aromatic rings. The zero-order valence-corrected chi connectivity index (χ0v) is 11.4. The second kappa shape index (κ2) is 6.33. The summed E-state index contributed by atoms with van der Waals surface area (Å²) in [7, 11) is 0. The predicted octanol–water partition coefficient (Wildman–Crippen LogP) is 1.43. The molecule has 0 fully saturated rings. The lowest BCUT2D eigenvalue weighted by Crippen LogP contribution is -2.38. The van der Waals surface area contributed by atoms with Gasteiger partial charge in [0.05, 0.1) is 0 Å². The van der Waals surface area contributed by atoms with Crippen LogP contribution in [0.4, 0.5) is 0 Å².